The summed E-state index contributed by atoms with van der Waals surface area (Å²) in [7, 11) is 0. The van der Waals surface area contributed by atoms with Gasteiger partial charge in [0.25, 0.3) is 0 Å². The number of hydrogen-bond acceptors (Lipinski definition) is 3. The third-order valence-corrected chi connectivity index (χ3v) is 3.43. The first-order valence-electron chi connectivity index (χ1n) is 5.66. The van der Waals surface area contributed by atoms with Gasteiger partial charge in [0.15, 0.2) is 0 Å². The lowest BCUT2D eigenvalue weighted by atomic mass is 10.3. The molecule has 0 saturated heterocycles. The maximum Gasteiger partial charge on any atom is 0.345 e. The minimum Gasteiger partial charge on any atom is -0.428 e. The molecule has 0 saturated carbocycles. The molecule has 0 spiro atoms. The zero-order valence-electron chi connectivity index (χ0n) is 10.6. The number of amides is 2. The number of hydrogen-bond donors (Lipinski definition) is 2. The van der Waals surface area contributed by atoms with E-state index in [0.29, 0.717) is 11.0 Å². The Morgan fingerprint density at radius 1 is 1.40 bits per heavy atom. The average Bonchev–Trinajstić information content (AvgIpc) is 2.43. The molecule has 2 N–H and O–H groups in total. The van der Waals surface area contributed by atoms with Gasteiger partial charge in [-0.3, -0.25) is 0 Å². The van der Waals surface area contributed by atoms with Gasteiger partial charge >= 0.3 is 6.03 Å². The van der Waals surface area contributed by atoms with Crippen molar-refractivity contribution in [2.75, 3.05) is 11.6 Å². The monoisotopic (exact) mass is 309 g/mol. The van der Waals surface area contributed by atoms with Crippen LogP contribution in [0.2, 0.25) is 5.15 Å². The third-order valence-electron chi connectivity index (χ3n) is 2.42. The van der Waals surface area contributed by atoms with Crippen molar-refractivity contribution in [3.8, 4) is 0 Å². The van der Waals surface area contributed by atoms with Crippen LogP contribution in [0.3, 0.4) is 0 Å². The quantitative estimate of drug-likeness (QED) is 0.508. The molecule has 0 radical (unpaired) electrons. The standard InChI is InChI=1S/C13H12ClN3O2S/c1-20-11-4-2-3-9(7-11)15-13(18)16-10-5-6-17(19)12(14)8-10/h2-8,19H,1H3,(H,15,18)/b16-10+. The van der Waals surface area contributed by atoms with E-state index >= 15 is 0 Å². The van der Waals surface area contributed by atoms with Crippen LogP contribution in [0, 0.1) is 0 Å². The first-order chi connectivity index (χ1) is 9.58. The van der Waals surface area contributed by atoms with E-state index < -0.39 is 6.03 Å². The summed E-state index contributed by atoms with van der Waals surface area (Å²) in [5.74, 6) is 0. The van der Waals surface area contributed by atoms with Crippen LogP contribution >= 0.6 is 23.4 Å². The second-order valence-electron chi connectivity index (χ2n) is 3.83. The van der Waals surface area contributed by atoms with Crippen LogP contribution in [0.4, 0.5) is 10.5 Å². The number of carbonyl (C=O) groups is 1. The van der Waals surface area contributed by atoms with Gasteiger partial charge in [0.05, 0.1) is 5.36 Å². The number of nitrogens with zero attached hydrogens (tertiary/aromatic N) is 2. The molecule has 0 unspecified atom stereocenters. The minimum atomic E-state index is -0.505. The fourth-order valence-electron chi connectivity index (χ4n) is 1.49. The highest BCUT2D eigenvalue weighted by atomic mass is 35.5. The van der Waals surface area contributed by atoms with E-state index in [1.54, 1.807) is 17.8 Å². The molecule has 1 aromatic carbocycles. The van der Waals surface area contributed by atoms with Gasteiger partial charge < -0.3 is 10.5 Å². The molecule has 0 aliphatic heterocycles. The smallest absolute Gasteiger partial charge is 0.345 e. The summed E-state index contributed by atoms with van der Waals surface area (Å²) in [6.45, 7) is 0. The van der Waals surface area contributed by atoms with Crippen LogP contribution in [0.25, 0.3) is 0 Å². The number of halogens is 1. The summed E-state index contributed by atoms with van der Waals surface area (Å²) in [5.41, 5.74) is 0.671. The molecule has 104 valence electrons. The first-order valence-corrected chi connectivity index (χ1v) is 7.26. The van der Waals surface area contributed by atoms with E-state index in [0.717, 1.165) is 9.63 Å². The third kappa shape index (κ3) is 3.79. The number of urea groups is 1. The van der Waals surface area contributed by atoms with Crippen LogP contribution in [-0.4, -0.2) is 22.2 Å². The van der Waals surface area contributed by atoms with Gasteiger partial charge in [0, 0.05) is 22.8 Å². The van der Waals surface area contributed by atoms with Gasteiger partial charge in [-0.2, -0.15) is 9.72 Å². The highest BCUT2D eigenvalue weighted by molar-refractivity contribution is 7.98. The van der Waals surface area contributed by atoms with Crippen molar-refractivity contribution in [1.82, 2.24) is 4.73 Å². The Balaban J connectivity index is 2.17. The molecule has 0 atom stereocenters. The Kier molecular flexibility index (Phi) is 4.70. The van der Waals surface area contributed by atoms with Gasteiger partial charge in [-0.15, -0.1) is 11.8 Å². The van der Waals surface area contributed by atoms with E-state index in [1.165, 1.54) is 18.3 Å². The topological polar surface area (TPSA) is 66.6 Å². The molecule has 2 amide bonds. The maximum atomic E-state index is 11.8. The second-order valence-corrected chi connectivity index (χ2v) is 5.09. The Bertz CT molecular complexity index is 700. The highest BCUT2D eigenvalue weighted by Gasteiger charge is 2.01. The first kappa shape index (κ1) is 14.5. The van der Waals surface area contributed by atoms with Crippen molar-refractivity contribution in [1.29, 1.82) is 0 Å². The predicted molar refractivity (Wildman–Crippen MR) is 79.4 cm³/mol. The molecule has 2 rings (SSSR count). The van der Waals surface area contributed by atoms with E-state index in [9.17, 15) is 10.0 Å². The van der Waals surface area contributed by atoms with Crippen molar-refractivity contribution in [3.05, 3.63) is 53.1 Å². The molecule has 20 heavy (non-hydrogen) atoms. The Morgan fingerprint density at radius 2 is 2.20 bits per heavy atom. The molecule has 0 aliphatic carbocycles. The van der Waals surface area contributed by atoms with Crippen molar-refractivity contribution < 1.29 is 10.0 Å². The Morgan fingerprint density at radius 3 is 2.90 bits per heavy atom. The van der Waals surface area contributed by atoms with Gasteiger partial charge in [0.2, 0.25) is 0 Å². The largest absolute Gasteiger partial charge is 0.428 e. The van der Waals surface area contributed by atoms with Gasteiger partial charge in [-0.05, 0) is 30.5 Å². The van der Waals surface area contributed by atoms with Crippen molar-refractivity contribution in [2.45, 2.75) is 4.90 Å². The number of aromatic nitrogens is 1. The SMILES string of the molecule is CSc1cccc(NC(=O)/N=c2\ccn(O)c(Cl)c2)c1. The number of anilines is 1. The molecule has 0 bridgehead atoms. The van der Waals surface area contributed by atoms with E-state index in [1.807, 2.05) is 24.5 Å². The van der Waals surface area contributed by atoms with Gasteiger partial charge in [-0.1, -0.05) is 17.7 Å². The van der Waals surface area contributed by atoms with Crippen LogP contribution in [0.15, 0.2) is 52.5 Å². The summed E-state index contributed by atoms with van der Waals surface area (Å²) in [6.07, 6.45) is 3.27. The number of benzene rings is 1. The van der Waals surface area contributed by atoms with E-state index in [4.69, 9.17) is 11.6 Å². The molecular weight excluding hydrogens is 298 g/mol. The van der Waals surface area contributed by atoms with Crippen molar-refractivity contribution >= 4 is 35.1 Å². The van der Waals surface area contributed by atoms with Crippen LogP contribution in [-0.2, 0) is 0 Å². The number of thioether (sulfide) groups is 1. The molecule has 5 nitrogen and oxygen atoms in total. The number of carbonyl (C=O) groups excluding carboxylic acids is 1. The minimum absolute atomic E-state index is 0.0726. The van der Waals surface area contributed by atoms with Crippen LogP contribution in [0.5, 0.6) is 0 Å². The van der Waals surface area contributed by atoms with Gasteiger partial charge in [-0.25, -0.2) is 4.79 Å². The zero-order valence-corrected chi connectivity index (χ0v) is 12.1. The normalized spacial score (nSPS) is 11.4. The Labute approximate surface area is 124 Å². The summed E-state index contributed by atoms with van der Waals surface area (Å²) in [6, 6.07) is 9.81. The van der Waals surface area contributed by atoms with Crippen LogP contribution in [0.1, 0.15) is 0 Å². The lowest BCUT2D eigenvalue weighted by Crippen LogP contribution is -2.13. The lowest BCUT2D eigenvalue weighted by Gasteiger charge is -2.03. The summed E-state index contributed by atoms with van der Waals surface area (Å²) < 4.78 is 0.737. The van der Waals surface area contributed by atoms with E-state index in [2.05, 4.69) is 10.3 Å². The van der Waals surface area contributed by atoms with Crippen molar-refractivity contribution in [2.24, 2.45) is 4.99 Å². The molecule has 1 aromatic heterocycles. The molecule has 2 aromatic rings. The lowest BCUT2D eigenvalue weighted by molar-refractivity contribution is 0.185. The molecular formula is C13H12ClN3O2S. The summed E-state index contributed by atoms with van der Waals surface area (Å²) in [5, 5.41) is 12.3. The summed E-state index contributed by atoms with van der Waals surface area (Å²) in [4.78, 5) is 16.7. The second kappa shape index (κ2) is 6.49. The highest BCUT2D eigenvalue weighted by Crippen LogP contribution is 2.18. The molecule has 7 heteroatoms. The van der Waals surface area contributed by atoms with Crippen molar-refractivity contribution in [3.63, 3.8) is 0 Å². The predicted octanol–water partition coefficient (Wildman–Crippen LogP) is 3.23. The fraction of sp³-hybridized carbons (Fsp3) is 0.0769. The number of nitrogens with one attached hydrogen (secondary N) is 1. The zero-order chi connectivity index (χ0) is 14.5. The Hall–Kier alpha value is -1.92. The van der Waals surface area contributed by atoms with Crippen LogP contribution < -0.4 is 10.7 Å². The average molecular weight is 310 g/mol. The fourth-order valence-corrected chi connectivity index (χ4v) is 2.12. The summed E-state index contributed by atoms with van der Waals surface area (Å²) >= 11 is 7.30. The van der Waals surface area contributed by atoms with Gasteiger partial charge in [0.1, 0.15) is 5.15 Å². The molecule has 0 fully saturated rings. The maximum absolute atomic E-state index is 11.8. The van der Waals surface area contributed by atoms with E-state index in [-0.39, 0.29) is 5.15 Å². The molecule has 1 heterocycles. The number of pyridine rings is 1. The number of rotatable bonds is 2. The molecule has 0 aliphatic rings.